The molecule has 0 bridgehead atoms. The summed E-state index contributed by atoms with van der Waals surface area (Å²) in [6.45, 7) is 10.6. The molecule has 2 atom stereocenters. The Morgan fingerprint density at radius 3 is 2.23 bits per heavy atom. The van der Waals surface area contributed by atoms with Crippen LogP contribution in [0.2, 0.25) is 0 Å². The van der Waals surface area contributed by atoms with Gasteiger partial charge in [0.2, 0.25) is 0 Å². The van der Waals surface area contributed by atoms with E-state index in [-0.39, 0.29) is 30.5 Å². The first-order valence-electron chi connectivity index (χ1n) is 13.0. The number of nitrogens with zero attached hydrogens (tertiary/aromatic N) is 3. The van der Waals surface area contributed by atoms with E-state index < -0.39 is 0 Å². The van der Waals surface area contributed by atoms with Gasteiger partial charge in [0, 0.05) is 50.4 Å². The monoisotopic (exact) mass is 477 g/mol. The number of piperidine rings is 1. The number of hydrogen-bond acceptors (Lipinski definition) is 4. The Morgan fingerprint density at radius 1 is 0.857 bits per heavy atom. The molecule has 2 fully saturated rings. The third kappa shape index (κ3) is 6.63. The summed E-state index contributed by atoms with van der Waals surface area (Å²) in [6.07, 6.45) is 4.23. The molecule has 2 aromatic carbocycles. The first-order valence-corrected chi connectivity index (χ1v) is 13.0. The van der Waals surface area contributed by atoms with E-state index in [0.29, 0.717) is 11.3 Å². The molecule has 6 nitrogen and oxygen atoms in total. The quantitative estimate of drug-likeness (QED) is 0.614. The third-order valence-electron chi connectivity index (χ3n) is 7.35. The minimum absolute atomic E-state index is 0.0320. The molecule has 2 amide bonds. The van der Waals surface area contributed by atoms with Crippen LogP contribution in [-0.4, -0.2) is 71.4 Å². The van der Waals surface area contributed by atoms with E-state index in [1.54, 1.807) is 12.1 Å². The Balaban J connectivity index is 1.27. The number of aryl methyl sites for hydroxylation is 1. The second-order valence-corrected chi connectivity index (χ2v) is 10.2. The minimum atomic E-state index is 0.0320. The Kier molecular flexibility index (Phi) is 8.45. The van der Waals surface area contributed by atoms with Crippen LogP contribution in [0.15, 0.2) is 48.5 Å². The van der Waals surface area contributed by atoms with Crippen LogP contribution < -0.4 is 4.74 Å². The van der Waals surface area contributed by atoms with Crippen molar-refractivity contribution in [2.24, 2.45) is 0 Å². The molecule has 0 saturated carbocycles. The summed E-state index contributed by atoms with van der Waals surface area (Å²) < 4.78 is 5.77. The Labute approximate surface area is 209 Å². The summed E-state index contributed by atoms with van der Waals surface area (Å²) in [5, 5.41) is 0. The fourth-order valence-electron chi connectivity index (χ4n) is 5.29. The van der Waals surface area contributed by atoms with Crippen LogP contribution in [-0.2, 0) is 11.3 Å². The normalized spacial score (nSPS) is 21.5. The zero-order valence-electron chi connectivity index (χ0n) is 21.4. The number of amides is 2. The maximum absolute atomic E-state index is 13.1. The summed E-state index contributed by atoms with van der Waals surface area (Å²) in [5.74, 6) is 0.706. The van der Waals surface area contributed by atoms with E-state index in [0.717, 1.165) is 52.0 Å². The SMILES string of the molecule is Cc1ccc(CN2CCCN(C(=O)c3ccc(OCC(=O)N4[C@H](C)CCC[C@H]4C)cc3)CC2)cc1. The minimum Gasteiger partial charge on any atom is -0.484 e. The van der Waals surface area contributed by atoms with Crippen molar-refractivity contribution >= 4 is 11.8 Å². The fourth-order valence-corrected chi connectivity index (χ4v) is 5.29. The third-order valence-corrected chi connectivity index (χ3v) is 7.35. The molecule has 4 rings (SSSR count). The van der Waals surface area contributed by atoms with Gasteiger partial charge in [0.15, 0.2) is 6.61 Å². The molecule has 0 radical (unpaired) electrons. The molecule has 2 aliphatic heterocycles. The molecular formula is C29H39N3O3. The van der Waals surface area contributed by atoms with Gasteiger partial charge in [-0.05, 0) is 76.3 Å². The zero-order valence-corrected chi connectivity index (χ0v) is 21.4. The van der Waals surface area contributed by atoms with Crippen LogP contribution in [0, 0.1) is 6.92 Å². The van der Waals surface area contributed by atoms with Crippen LogP contribution >= 0.6 is 0 Å². The van der Waals surface area contributed by atoms with Gasteiger partial charge in [-0.3, -0.25) is 14.5 Å². The largest absolute Gasteiger partial charge is 0.484 e. The van der Waals surface area contributed by atoms with Gasteiger partial charge in [0.25, 0.3) is 11.8 Å². The molecule has 0 aliphatic carbocycles. The molecule has 2 aromatic rings. The van der Waals surface area contributed by atoms with Gasteiger partial charge in [0.05, 0.1) is 0 Å². The number of hydrogen-bond donors (Lipinski definition) is 0. The molecule has 2 saturated heterocycles. The average Bonchev–Trinajstić information content (AvgIpc) is 3.09. The highest BCUT2D eigenvalue weighted by atomic mass is 16.5. The summed E-state index contributed by atoms with van der Waals surface area (Å²) in [6, 6.07) is 16.4. The van der Waals surface area contributed by atoms with Crippen molar-refractivity contribution in [1.29, 1.82) is 0 Å². The van der Waals surface area contributed by atoms with Crippen molar-refractivity contribution in [3.8, 4) is 5.75 Å². The van der Waals surface area contributed by atoms with E-state index in [1.165, 1.54) is 17.5 Å². The van der Waals surface area contributed by atoms with Gasteiger partial charge in [-0.1, -0.05) is 29.8 Å². The highest BCUT2D eigenvalue weighted by Crippen LogP contribution is 2.23. The lowest BCUT2D eigenvalue weighted by Gasteiger charge is -2.38. The van der Waals surface area contributed by atoms with Crippen LogP contribution in [0.25, 0.3) is 0 Å². The molecule has 2 aliphatic rings. The van der Waals surface area contributed by atoms with Gasteiger partial charge < -0.3 is 14.5 Å². The van der Waals surface area contributed by atoms with Crippen molar-refractivity contribution in [1.82, 2.24) is 14.7 Å². The van der Waals surface area contributed by atoms with Crippen molar-refractivity contribution < 1.29 is 14.3 Å². The van der Waals surface area contributed by atoms with Crippen molar-refractivity contribution in [2.75, 3.05) is 32.8 Å². The van der Waals surface area contributed by atoms with E-state index >= 15 is 0 Å². The van der Waals surface area contributed by atoms with Crippen LogP contribution in [0.4, 0.5) is 0 Å². The number of benzene rings is 2. The van der Waals surface area contributed by atoms with E-state index in [1.807, 2.05) is 21.9 Å². The number of ether oxygens (including phenoxy) is 1. The maximum atomic E-state index is 13.1. The first-order chi connectivity index (χ1) is 16.9. The van der Waals surface area contributed by atoms with Gasteiger partial charge in [0.1, 0.15) is 5.75 Å². The maximum Gasteiger partial charge on any atom is 0.260 e. The lowest BCUT2D eigenvalue weighted by molar-refractivity contribution is -0.139. The lowest BCUT2D eigenvalue weighted by Crippen LogP contribution is -2.49. The summed E-state index contributed by atoms with van der Waals surface area (Å²) in [7, 11) is 0. The van der Waals surface area contributed by atoms with Crippen molar-refractivity contribution in [3.05, 3.63) is 65.2 Å². The lowest BCUT2D eigenvalue weighted by atomic mass is 9.97. The van der Waals surface area contributed by atoms with Gasteiger partial charge in [-0.15, -0.1) is 0 Å². The molecular weight excluding hydrogens is 438 g/mol. The smallest absolute Gasteiger partial charge is 0.260 e. The van der Waals surface area contributed by atoms with Crippen LogP contribution in [0.3, 0.4) is 0 Å². The van der Waals surface area contributed by atoms with Crippen LogP contribution in [0.5, 0.6) is 5.75 Å². The highest BCUT2D eigenvalue weighted by Gasteiger charge is 2.29. The average molecular weight is 478 g/mol. The second-order valence-electron chi connectivity index (χ2n) is 10.2. The Hall–Kier alpha value is -2.86. The van der Waals surface area contributed by atoms with Crippen molar-refractivity contribution in [3.63, 3.8) is 0 Å². The molecule has 6 heteroatoms. The van der Waals surface area contributed by atoms with E-state index in [2.05, 4.69) is 49.9 Å². The Morgan fingerprint density at radius 2 is 1.54 bits per heavy atom. The molecule has 35 heavy (non-hydrogen) atoms. The summed E-state index contributed by atoms with van der Waals surface area (Å²) in [5.41, 5.74) is 3.25. The number of rotatable bonds is 6. The fraction of sp³-hybridized carbons (Fsp3) is 0.517. The summed E-state index contributed by atoms with van der Waals surface area (Å²) >= 11 is 0. The molecule has 0 aromatic heterocycles. The Bertz CT molecular complexity index is 979. The number of carbonyl (C=O) groups is 2. The van der Waals surface area contributed by atoms with Gasteiger partial charge in [-0.25, -0.2) is 0 Å². The number of likely N-dealkylation sites (tertiary alicyclic amines) is 1. The highest BCUT2D eigenvalue weighted by molar-refractivity contribution is 5.94. The second kappa shape index (κ2) is 11.7. The van der Waals surface area contributed by atoms with Crippen LogP contribution in [0.1, 0.15) is 61.0 Å². The molecule has 0 N–H and O–H groups in total. The van der Waals surface area contributed by atoms with E-state index in [9.17, 15) is 9.59 Å². The van der Waals surface area contributed by atoms with E-state index in [4.69, 9.17) is 4.74 Å². The predicted octanol–water partition coefficient (Wildman–Crippen LogP) is 4.51. The molecule has 0 spiro atoms. The van der Waals surface area contributed by atoms with Gasteiger partial charge >= 0.3 is 0 Å². The first kappa shape index (κ1) is 25.2. The summed E-state index contributed by atoms with van der Waals surface area (Å²) in [4.78, 5) is 32.2. The standard InChI is InChI=1S/C29H39N3O3/c1-22-8-10-25(11-9-22)20-30-16-5-17-31(19-18-30)29(34)26-12-14-27(15-13-26)35-21-28(33)32-23(2)6-4-7-24(32)3/h8-15,23-24H,4-7,16-21H2,1-3H3/t23-,24-/m1/s1. The zero-order chi connectivity index (χ0) is 24.8. The van der Waals surface area contributed by atoms with Gasteiger partial charge in [-0.2, -0.15) is 0 Å². The molecule has 188 valence electrons. The molecule has 2 heterocycles. The topological polar surface area (TPSA) is 53.1 Å². The predicted molar refractivity (Wildman–Crippen MR) is 139 cm³/mol. The van der Waals surface area contributed by atoms with Crippen molar-refractivity contribution in [2.45, 2.75) is 65.1 Å². The molecule has 0 unspecified atom stereocenters. The number of carbonyl (C=O) groups excluding carboxylic acids is 2.